The Balaban J connectivity index is 2.53. The molecular weight excluding hydrogens is 313 g/mol. The second-order valence-electron chi connectivity index (χ2n) is 4.35. The Bertz CT molecular complexity index is 497. The summed E-state index contributed by atoms with van der Waals surface area (Å²) in [6.07, 6.45) is 3.62. The summed E-state index contributed by atoms with van der Waals surface area (Å²) in [5.74, 6) is 0. The van der Waals surface area contributed by atoms with Crippen LogP contribution in [0.5, 0.6) is 0 Å². The van der Waals surface area contributed by atoms with Gasteiger partial charge in [0.1, 0.15) is 0 Å². The van der Waals surface area contributed by atoms with Crippen molar-refractivity contribution in [2.75, 3.05) is 0 Å². The smallest absolute Gasteiger partial charge is 0.0994 e. The van der Waals surface area contributed by atoms with E-state index in [1.54, 1.807) is 6.33 Å². The molecule has 0 aliphatic heterocycles. The van der Waals surface area contributed by atoms with Crippen LogP contribution in [0.15, 0.2) is 36.8 Å². The highest BCUT2D eigenvalue weighted by atomic mass is 127. The topological polar surface area (TPSA) is 43.8 Å². The predicted octanol–water partition coefficient (Wildman–Crippen LogP) is 2.67. The Kier molecular flexibility index (Phi) is 3.03. The van der Waals surface area contributed by atoms with Crippen LogP contribution in [0.1, 0.15) is 19.5 Å². The van der Waals surface area contributed by atoms with Crippen molar-refractivity contribution in [1.82, 2.24) is 9.55 Å². The van der Waals surface area contributed by atoms with Gasteiger partial charge >= 0.3 is 0 Å². The molecule has 0 amide bonds. The maximum absolute atomic E-state index is 6.11. The Labute approximate surface area is 109 Å². The van der Waals surface area contributed by atoms with Crippen molar-refractivity contribution in [3.8, 4) is 5.69 Å². The molecule has 2 aromatic rings. The molecule has 0 spiro atoms. The van der Waals surface area contributed by atoms with Crippen molar-refractivity contribution < 1.29 is 0 Å². The molecule has 0 saturated carbocycles. The second-order valence-corrected chi connectivity index (χ2v) is 5.60. The maximum Gasteiger partial charge on any atom is 0.0994 e. The van der Waals surface area contributed by atoms with Gasteiger partial charge in [-0.05, 0) is 54.6 Å². The van der Waals surface area contributed by atoms with Gasteiger partial charge in [-0.2, -0.15) is 0 Å². The van der Waals surface area contributed by atoms with E-state index < -0.39 is 5.54 Å². The molecule has 1 aromatic heterocycles. The number of hydrogen-bond acceptors (Lipinski definition) is 2. The lowest BCUT2D eigenvalue weighted by Gasteiger charge is -2.20. The molecule has 0 fully saturated rings. The molecule has 0 radical (unpaired) electrons. The Morgan fingerprint density at radius 1 is 1.38 bits per heavy atom. The SMILES string of the molecule is CC(C)(N)c1cncn1-c1cccc(I)c1. The minimum absolute atomic E-state index is 0.391. The maximum atomic E-state index is 6.11. The summed E-state index contributed by atoms with van der Waals surface area (Å²) in [6.45, 7) is 3.96. The molecule has 0 aliphatic carbocycles. The number of benzene rings is 1. The first-order valence-electron chi connectivity index (χ1n) is 5.06. The summed E-state index contributed by atoms with van der Waals surface area (Å²) < 4.78 is 3.23. The predicted molar refractivity (Wildman–Crippen MR) is 73.5 cm³/mol. The molecule has 0 unspecified atom stereocenters. The number of rotatable bonds is 2. The molecular formula is C12H14IN3. The van der Waals surface area contributed by atoms with Crippen LogP contribution in [0.3, 0.4) is 0 Å². The molecule has 2 rings (SSSR count). The van der Waals surface area contributed by atoms with Crippen LogP contribution in [0.4, 0.5) is 0 Å². The summed E-state index contributed by atoms with van der Waals surface area (Å²) in [5, 5.41) is 0. The van der Waals surface area contributed by atoms with E-state index in [0.29, 0.717) is 0 Å². The van der Waals surface area contributed by atoms with Crippen LogP contribution in [-0.2, 0) is 5.54 Å². The van der Waals surface area contributed by atoms with Gasteiger partial charge in [-0.1, -0.05) is 6.07 Å². The fourth-order valence-electron chi connectivity index (χ4n) is 1.60. The quantitative estimate of drug-likeness (QED) is 0.862. The summed E-state index contributed by atoms with van der Waals surface area (Å²) >= 11 is 2.30. The number of nitrogens with zero attached hydrogens (tertiary/aromatic N) is 2. The van der Waals surface area contributed by atoms with Gasteiger partial charge < -0.3 is 10.3 Å². The molecule has 0 bridgehead atoms. The number of imidazole rings is 1. The van der Waals surface area contributed by atoms with Gasteiger partial charge in [0, 0.05) is 9.26 Å². The largest absolute Gasteiger partial charge is 0.321 e. The highest BCUT2D eigenvalue weighted by molar-refractivity contribution is 14.1. The van der Waals surface area contributed by atoms with Crippen molar-refractivity contribution in [2.24, 2.45) is 5.73 Å². The fourth-order valence-corrected chi connectivity index (χ4v) is 2.13. The first-order valence-corrected chi connectivity index (χ1v) is 6.14. The third-order valence-electron chi connectivity index (χ3n) is 2.39. The van der Waals surface area contributed by atoms with E-state index in [2.05, 4.69) is 45.8 Å². The molecule has 1 heterocycles. The van der Waals surface area contributed by atoms with Crippen LogP contribution >= 0.6 is 22.6 Å². The third-order valence-corrected chi connectivity index (χ3v) is 3.06. The lowest BCUT2D eigenvalue weighted by atomic mass is 10.0. The van der Waals surface area contributed by atoms with E-state index in [4.69, 9.17) is 5.73 Å². The summed E-state index contributed by atoms with van der Waals surface area (Å²) in [5.41, 5.74) is 7.83. The van der Waals surface area contributed by atoms with Crippen LogP contribution in [0.2, 0.25) is 0 Å². The molecule has 4 heteroatoms. The van der Waals surface area contributed by atoms with E-state index in [0.717, 1.165) is 11.4 Å². The van der Waals surface area contributed by atoms with Gasteiger partial charge in [-0.15, -0.1) is 0 Å². The van der Waals surface area contributed by atoms with E-state index in [1.807, 2.05) is 30.7 Å². The Morgan fingerprint density at radius 2 is 2.12 bits per heavy atom. The standard InChI is InChI=1S/C12H14IN3/c1-12(2,14)11-7-15-8-16(11)10-5-3-4-9(13)6-10/h3-8H,14H2,1-2H3. The first kappa shape index (κ1) is 11.6. The van der Waals surface area contributed by atoms with E-state index in [-0.39, 0.29) is 0 Å². The Hall–Kier alpha value is -0.880. The molecule has 16 heavy (non-hydrogen) atoms. The van der Waals surface area contributed by atoms with Gasteiger partial charge in [-0.25, -0.2) is 4.98 Å². The fraction of sp³-hybridized carbons (Fsp3) is 0.250. The van der Waals surface area contributed by atoms with Gasteiger partial charge in [0.2, 0.25) is 0 Å². The number of aromatic nitrogens is 2. The number of hydrogen-bond donors (Lipinski definition) is 1. The van der Waals surface area contributed by atoms with Crippen LogP contribution in [0.25, 0.3) is 5.69 Å². The van der Waals surface area contributed by atoms with E-state index in [9.17, 15) is 0 Å². The van der Waals surface area contributed by atoms with E-state index >= 15 is 0 Å². The van der Waals surface area contributed by atoms with Crippen LogP contribution < -0.4 is 5.73 Å². The molecule has 84 valence electrons. The van der Waals surface area contributed by atoms with Gasteiger partial charge in [0.25, 0.3) is 0 Å². The third kappa shape index (κ3) is 2.27. The molecule has 0 saturated heterocycles. The number of nitrogens with two attached hydrogens (primary N) is 1. The lowest BCUT2D eigenvalue weighted by molar-refractivity contribution is 0.524. The molecule has 1 aromatic carbocycles. The summed E-state index contributed by atoms with van der Waals surface area (Å²) in [7, 11) is 0. The van der Waals surface area contributed by atoms with Crippen molar-refractivity contribution >= 4 is 22.6 Å². The lowest BCUT2D eigenvalue weighted by Crippen LogP contribution is -2.31. The first-order chi connectivity index (χ1) is 7.48. The zero-order chi connectivity index (χ0) is 11.8. The Morgan fingerprint density at radius 3 is 2.75 bits per heavy atom. The highest BCUT2D eigenvalue weighted by Crippen LogP contribution is 2.21. The molecule has 3 nitrogen and oxygen atoms in total. The second kappa shape index (κ2) is 4.18. The average molecular weight is 327 g/mol. The van der Waals surface area contributed by atoms with Crippen molar-refractivity contribution in [3.63, 3.8) is 0 Å². The zero-order valence-corrected chi connectivity index (χ0v) is 11.5. The zero-order valence-electron chi connectivity index (χ0n) is 9.31. The van der Waals surface area contributed by atoms with E-state index in [1.165, 1.54) is 3.57 Å². The summed E-state index contributed by atoms with van der Waals surface area (Å²) in [4.78, 5) is 4.18. The molecule has 2 N–H and O–H groups in total. The normalized spacial score (nSPS) is 11.8. The molecule has 0 aliphatic rings. The van der Waals surface area contributed by atoms with Crippen molar-refractivity contribution in [1.29, 1.82) is 0 Å². The van der Waals surface area contributed by atoms with Crippen molar-refractivity contribution in [2.45, 2.75) is 19.4 Å². The highest BCUT2D eigenvalue weighted by Gasteiger charge is 2.19. The van der Waals surface area contributed by atoms with Crippen LogP contribution in [-0.4, -0.2) is 9.55 Å². The minimum Gasteiger partial charge on any atom is -0.321 e. The van der Waals surface area contributed by atoms with Crippen LogP contribution in [0, 0.1) is 3.57 Å². The summed E-state index contributed by atoms with van der Waals surface area (Å²) in [6, 6.07) is 8.26. The monoisotopic (exact) mass is 327 g/mol. The molecule has 0 atom stereocenters. The van der Waals surface area contributed by atoms with Gasteiger partial charge in [0.15, 0.2) is 0 Å². The average Bonchev–Trinajstić information content (AvgIpc) is 2.65. The minimum atomic E-state index is -0.391. The van der Waals surface area contributed by atoms with Gasteiger partial charge in [0.05, 0.1) is 23.8 Å². The van der Waals surface area contributed by atoms with Gasteiger partial charge in [-0.3, -0.25) is 0 Å². The van der Waals surface area contributed by atoms with Crippen molar-refractivity contribution in [3.05, 3.63) is 46.1 Å². The number of halogens is 1.